The van der Waals surface area contributed by atoms with Crippen LogP contribution in [0.4, 0.5) is 0 Å². The second-order valence-electron chi connectivity index (χ2n) is 5.72. The molecule has 128 valence electrons. The molecule has 0 unspecified atom stereocenters. The van der Waals surface area contributed by atoms with Crippen LogP contribution in [0.2, 0.25) is 18.1 Å². The Bertz CT molecular complexity index is 489. The van der Waals surface area contributed by atoms with E-state index in [0.29, 0.717) is 30.8 Å². The minimum atomic E-state index is -1.60. The van der Waals surface area contributed by atoms with Crippen LogP contribution < -0.4 is 0 Å². The van der Waals surface area contributed by atoms with Gasteiger partial charge in [0.05, 0.1) is 6.61 Å². The first-order valence-electron chi connectivity index (χ1n) is 8.54. The van der Waals surface area contributed by atoms with Crippen LogP contribution in [0.15, 0.2) is 24.3 Å². The van der Waals surface area contributed by atoms with E-state index in [9.17, 15) is 9.59 Å². The summed E-state index contributed by atoms with van der Waals surface area (Å²) in [4.78, 5) is 25.0. The van der Waals surface area contributed by atoms with Crippen LogP contribution in [0, 0.1) is 0 Å². The Kier molecular flexibility index (Phi) is 8.20. The van der Waals surface area contributed by atoms with Gasteiger partial charge in [0.1, 0.15) is 6.29 Å². The molecule has 1 aromatic carbocycles. The molecule has 0 bridgehead atoms. The summed E-state index contributed by atoms with van der Waals surface area (Å²) in [6.07, 6.45) is 0.782. The van der Waals surface area contributed by atoms with Gasteiger partial charge in [-0.2, -0.15) is 0 Å². The Balaban J connectivity index is 2.65. The van der Waals surface area contributed by atoms with E-state index in [2.05, 4.69) is 20.8 Å². The van der Waals surface area contributed by atoms with E-state index in [1.54, 1.807) is 29.2 Å². The van der Waals surface area contributed by atoms with Crippen LogP contribution in [0.5, 0.6) is 0 Å². The Labute approximate surface area is 141 Å². The number of benzene rings is 1. The van der Waals surface area contributed by atoms with Crippen molar-refractivity contribution in [2.24, 2.45) is 0 Å². The zero-order valence-corrected chi connectivity index (χ0v) is 15.8. The van der Waals surface area contributed by atoms with Crippen molar-refractivity contribution in [1.29, 1.82) is 0 Å². The van der Waals surface area contributed by atoms with Crippen molar-refractivity contribution in [3.63, 3.8) is 0 Å². The molecule has 1 rings (SSSR count). The largest absolute Gasteiger partial charge is 0.415 e. The molecule has 0 saturated carbocycles. The molecule has 1 amide bonds. The van der Waals surface area contributed by atoms with Gasteiger partial charge in [0.15, 0.2) is 8.32 Å². The van der Waals surface area contributed by atoms with Gasteiger partial charge < -0.3 is 9.33 Å². The lowest BCUT2D eigenvalue weighted by molar-refractivity contribution is 0.0736. The average Bonchev–Trinajstić information content (AvgIpc) is 2.62. The summed E-state index contributed by atoms with van der Waals surface area (Å²) in [5.41, 5.74) is 1.19. The van der Waals surface area contributed by atoms with Gasteiger partial charge in [0.2, 0.25) is 0 Å². The van der Waals surface area contributed by atoms with Gasteiger partial charge >= 0.3 is 0 Å². The summed E-state index contributed by atoms with van der Waals surface area (Å²) in [6, 6.07) is 10.1. The molecular weight excluding hydrogens is 306 g/mol. The van der Waals surface area contributed by atoms with Gasteiger partial charge in [0.25, 0.3) is 5.91 Å². The molecule has 5 heteroatoms. The van der Waals surface area contributed by atoms with E-state index in [4.69, 9.17) is 4.43 Å². The maximum Gasteiger partial charge on any atom is 0.253 e. The quantitative estimate of drug-likeness (QED) is 0.480. The molecule has 0 aliphatic carbocycles. The second kappa shape index (κ2) is 9.63. The number of carbonyl (C=O) groups excluding carboxylic acids is 2. The lowest BCUT2D eigenvalue weighted by Gasteiger charge is -2.30. The van der Waals surface area contributed by atoms with Crippen molar-refractivity contribution in [2.45, 2.75) is 45.8 Å². The first kappa shape index (κ1) is 19.6. The number of hydrogen-bond acceptors (Lipinski definition) is 3. The fourth-order valence-corrected chi connectivity index (χ4v) is 5.36. The van der Waals surface area contributed by atoms with Crippen molar-refractivity contribution < 1.29 is 14.0 Å². The lowest BCUT2D eigenvalue weighted by atomic mass is 10.1. The van der Waals surface area contributed by atoms with Gasteiger partial charge in [0, 0.05) is 24.2 Å². The Hall–Kier alpha value is -1.46. The second-order valence-corrected chi connectivity index (χ2v) is 10.5. The topological polar surface area (TPSA) is 46.6 Å². The Morgan fingerprint density at radius 3 is 2.09 bits per heavy atom. The molecule has 0 aromatic heterocycles. The highest BCUT2D eigenvalue weighted by atomic mass is 28.4. The predicted octanol–water partition coefficient (Wildman–Crippen LogP) is 3.98. The maximum atomic E-state index is 12.5. The van der Waals surface area contributed by atoms with Crippen molar-refractivity contribution in [1.82, 2.24) is 4.90 Å². The first-order chi connectivity index (χ1) is 11.1. The van der Waals surface area contributed by atoms with Crippen molar-refractivity contribution in [3.8, 4) is 0 Å². The van der Waals surface area contributed by atoms with Crippen LogP contribution in [-0.4, -0.2) is 45.1 Å². The number of likely N-dealkylation sites (N-methyl/N-ethyl adjacent to an activating group) is 1. The lowest BCUT2D eigenvalue weighted by Crippen LogP contribution is -2.40. The minimum absolute atomic E-state index is 0.00897. The predicted molar refractivity (Wildman–Crippen MR) is 96.6 cm³/mol. The fourth-order valence-electron chi connectivity index (χ4n) is 2.72. The molecule has 0 fully saturated rings. The van der Waals surface area contributed by atoms with Crippen molar-refractivity contribution >= 4 is 20.5 Å². The molecule has 0 spiro atoms. The molecule has 0 N–H and O–H groups in total. The third kappa shape index (κ3) is 5.29. The maximum absolute atomic E-state index is 12.5. The number of amides is 1. The molecule has 23 heavy (non-hydrogen) atoms. The van der Waals surface area contributed by atoms with E-state index < -0.39 is 8.32 Å². The molecule has 4 nitrogen and oxygen atoms in total. The first-order valence-corrected chi connectivity index (χ1v) is 11.1. The van der Waals surface area contributed by atoms with Crippen LogP contribution in [0.3, 0.4) is 0 Å². The average molecular weight is 336 g/mol. The third-order valence-electron chi connectivity index (χ3n) is 4.67. The summed E-state index contributed by atoms with van der Waals surface area (Å²) in [7, 11) is -1.60. The molecule has 0 aliphatic rings. The molecule has 0 atom stereocenters. The number of aldehydes is 1. The fraction of sp³-hybridized carbons (Fsp3) is 0.556. The van der Waals surface area contributed by atoms with E-state index in [0.717, 1.165) is 24.4 Å². The van der Waals surface area contributed by atoms with E-state index in [-0.39, 0.29) is 5.91 Å². The number of rotatable bonds is 10. The Morgan fingerprint density at radius 1 is 1.09 bits per heavy atom. The molecule has 1 aromatic rings. The van der Waals surface area contributed by atoms with E-state index in [1.165, 1.54) is 0 Å². The van der Waals surface area contributed by atoms with Gasteiger partial charge in [-0.3, -0.25) is 9.59 Å². The molecule has 0 heterocycles. The van der Waals surface area contributed by atoms with Gasteiger partial charge in [-0.05, 0) is 37.2 Å². The van der Waals surface area contributed by atoms with Gasteiger partial charge in [-0.15, -0.1) is 0 Å². The standard InChI is InChI=1S/C18H29NO3Si/c1-5-19(13-14-22-23(6-2,7-3)8-4)18(21)17-11-9-16(15-20)10-12-17/h9-12,15H,5-8,13-14H2,1-4H3. The smallest absolute Gasteiger partial charge is 0.253 e. The van der Waals surface area contributed by atoms with Crippen LogP contribution >= 0.6 is 0 Å². The zero-order chi connectivity index (χ0) is 17.3. The SMILES string of the molecule is CCN(CCO[Si](CC)(CC)CC)C(=O)c1ccc(C=O)cc1. The van der Waals surface area contributed by atoms with E-state index >= 15 is 0 Å². The Morgan fingerprint density at radius 2 is 1.65 bits per heavy atom. The zero-order valence-electron chi connectivity index (χ0n) is 14.8. The summed E-state index contributed by atoms with van der Waals surface area (Å²) < 4.78 is 6.23. The van der Waals surface area contributed by atoms with Crippen LogP contribution in [0.25, 0.3) is 0 Å². The molecule has 0 aliphatic heterocycles. The highest BCUT2D eigenvalue weighted by Crippen LogP contribution is 2.21. The van der Waals surface area contributed by atoms with Gasteiger partial charge in [-0.1, -0.05) is 32.9 Å². The number of nitrogens with zero attached hydrogens (tertiary/aromatic N) is 1. The highest BCUT2D eigenvalue weighted by molar-refractivity contribution is 6.73. The molecular formula is C18H29NO3Si. The van der Waals surface area contributed by atoms with Crippen molar-refractivity contribution in [3.05, 3.63) is 35.4 Å². The number of hydrogen-bond donors (Lipinski definition) is 0. The summed E-state index contributed by atoms with van der Waals surface area (Å²) in [6.45, 7) is 10.5. The normalized spacial score (nSPS) is 11.3. The molecule has 0 radical (unpaired) electrons. The minimum Gasteiger partial charge on any atom is -0.415 e. The third-order valence-corrected chi connectivity index (χ3v) is 9.35. The van der Waals surface area contributed by atoms with Gasteiger partial charge in [-0.25, -0.2) is 0 Å². The monoisotopic (exact) mass is 335 g/mol. The number of carbonyl (C=O) groups is 2. The van der Waals surface area contributed by atoms with Crippen LogP contribution in [0.1, 0.15) is 48.4 Å². The summed E-state index contributed by atoms with van der Waals surface area (Å²) in [5.74, 6) is -0.00897. The highest BCUT2D eigenvalue weighted by Gasteiger charge is 2.28. The van der Waals surface area contributed by atoms with Crippen LogP contribution in [-0.2, 0) is 4.43 Å². The summed E-state index contributed by atoms with van der Waals surface area (Å²) in [5, 5.41) is 0. The molecule has 0 saturated heterocycles. The van der Waals surface area contributed by atoms with Crippen molar-refractivity contribution in [2.75, 3.05) is 19.7 Å². The van der Waals surface area contributed by atoms with E-state index in [1.807, 2.05) is 6.92 Å². The summed E-state index contributed by atoms with van der Waals surface area (Å²) >= 11 is 0.